The van der Waals surface area contributed by atoms with Gasteiger partial charge in [-0.15, -0.1) is 6.58 Å². The van der Waals surface area contributed by atoms with Gasteiger partial charge in [-0.3, -0.25) is 20.2 Å². The molecule has 0 aromatic heterocycles. The van der Waals surface area contributed by atoms with Crippen molar-refractivity contribution in [2.45, 2.75) is 19.3 Å². The molecule has 0 atom stereocenters. The molecule has 0 unspecified atom stereocenters. The number of nitro groups is 2. The molecule has 1 aromatic rings. The van der Waals surface area contributed by atoms with Gasteiger partial charge in [-0.05, 0) is 24.8 Å². The van der Waals surface area contributed by atoms with Crippen molar-refractivity contribution in [2.75, 3.05) is 0 Å². The van der Waals surface area contributed by atoms with Crippen LogP contribution in [0.25, 0.3) is 0 Å². The zero-order valence-electron chi connectivity index (χ0n) is 9.17. The van der Waals surface area contributed by atoms with Crippen LogP contribution in [0.4, 0.5) is 11.4 Å². The molecule has 0 amide bonds. The Labute approximate surface area is 97.9 Å². The molecule has 0 aliphatic carbocycles. The molecule has 6 heteroatoms. The zero-order valence-corrected chi connectivity index (χ0v) is 9.17. The molecule has 0 N–H and O–H groups in total. The first kappa shape index (κ1) is 12.8. The molecule has 0 saturated carbocycles. The lowest BCUT2D eigenvalue weighted by Crippen LogP contribution is -1.95. The van der Waals surface area contributed by atoms with E-state index in [-0.39, 0.29) is 11.4 Å². The topological polar surface area (TPSA) is 86.3 Å². The summed E-state index contributed by atoms with van der Waals surface area (Å²) >= 11 is 0. The molecule has 6 nitrogen and oxygen atoms in total. The fourth-order valence-electron chi connectivity index (χ4n) is 1.46. The Bertz CT molecular complexity index is 425. The summed E-state index contributed by atoms with van der Waals surface area (Å²) < 4.78 is 0. The molecule has 0 aliphatic heterocycles. The number of nitro benzene ring substituents is 2. The normalized spacial score (nSPS) is 9.88. The quantitative estimate of drug-likeness (QED) is 0.329. The van der Waals surface area contributed by atoms with E-state index in [0.29, 0.717) is 12.0 Å². The molecular weight excluding hydrogens is 224 g/mol. The molecular formula is C11H12N2O4. The van der Waals surface area contributed by atoms with Gasteiger partial charge >= 0.3 is 0 Å². The Morgan fingerprint density at radius 1 is 1.12 bits per heavy atom. The predicted molar refractivity (Wildman–Crippen MR) is 62.9 cm³/mol. The Balaban J connectivity index is 2.99. The van der Waals surface area contributed by atoms with Gasteiger partial charge < -0.3 is 0 Å². The fourth-order valence-corrected chi connectivity index (χ4v) is 1.46. The van der Waals surface area contributed by atoms with E-state index in [0.717, 1.165) is 18.9 Å². The van der Waals surface area contributed by atoms with Crippen molar-refractivity contribution in [1.29, 1.82) is 0 Å². The van der Waals surface area contributed by atoms with Crippen molar-refractivity contribution < 1.29 is 9.85 Å². The van der Waals surface area contributed by atoms with Crippen LogP contribution >= 0.6 is 0 Å². The Morgan fingerprint density at radius 2 is 1.65 bits per heavy atom. The third kappa shape index (κ3) is 3.67. The van der Waals surface area contributed by atoms with E-state index in [1.54, 1.807) is 6.08 Å². The van der Waals surface area contributed by atoms with Crippen LogP contribution in [0.5, 0.6) is 0 Å². The zero-order chi connectivity index (χ0) is 12.8. The van der Waals surface area contributed by atoms with Gasteiger partial charge in [-0.1, -0.05) is 6.08 Å². The van der Waals surface area contributed by atoms with Crippen LogP contribution in [-0.2, 0) is 6.42 Å². The van der Waals surface area contributed by atoms with Crippen molar-refractivity contribution in [3.05, 3.63) is 56.6 Å². The van der Waals surface area contributed by atoms with E-state index >= 15 is 0 Å². The van der Waals surface area contributed by atoms with Crippen molar-refractivity contribution >= 4 is 11.4 Å². The summed E-state index contributed by atoms with van der Waals surface area (Å²) in [6.07, 6.45) is 3.85. The Morgan fingerprint density at radius 3 is 2.06 bits per heavy atom. The smallest absolute Gasteiger partial charge is 0.258 e. The van der Waals surface area contributed by atoms with Gasteiger partial charge in [0.15, 0.2) is 0 Å². The second-order valence-corrected chi connectivity index (χ2v) is 3.55. The predicted octanol–water partition coefficient (Wildman–Crippen LogP) is 3.01. The van der Waals surface area contributed by atoms with Gasteiger partial charge in [0, 0.05) is 12.1 Å². The van der Waals surface area contributed by atoms with E-state index in [1.807, 2.05) is 0 Å². The average molecular weight is 236 g/mol. The van der Waals surface area contributed by atoms with Gasteiger partial charge in [-0.2, -0.15) is 0 Å². The molecule has 1 rings (SSSR count). The number of aryl methyl sites for hydroxylation is 1. The minimum Gasteiger partial charge on any atom is -0.258 e. The van der Waals surface area contributed by atoms with Crippen molar-refractivity contribution in [3.63, 3.8) is 0 Å². The minimum atomic E-state index is -0.621. The van der Waals surface area contributed by atoms with Crippen molar-refractivity contribution in [2.24, 2.45) is 0 Å². The lowest BCUT2D eigenvalue weighted by atomic mass is 10.1. The van der Waals surface area contributed by atoms with Gasteiger partial charge in [0.25, 0.3) is 11.4 Å². The maximum Gasteiger partial charge on any atom is 0.276 e. The van der Waals surface area contributed by atoms with Gasteiger partial charge in [0.2, 0.25) is 0 Å². The number of nitrogens with zero attached hydrogens (tertiary/aromatic N) is 2. The Hall–Kier alpha value is -2.24. The number of rotatable bonds is 6. The second kappa shape index (κ2) is 5.74. The molecule has 0 saturated heterocycles. The van der Waals surface area contributed by atoms with Gasteiger partial charge in [-0.25, -0.2) is 0 Å². The Kier molecular flexibility index (Phi) is 4.33. The summed E-state index contributed by atoms with van der Waals surface area (Å²) in [6.45, 7) is 3.57. The second-order valence-electron chi connectivity index (χ2n) is 3.55. The average Bonchev–Trinajstić information content (AvgIpc) is 2.29. The SMILES string of the molecule is C=CCCCc1cc([N+](=O)[O-])cc([N+](=O)[O-])c1. The largest absolute Gasteiger partial charge is 0.276 e. The van der Waals surface area contributed by atoms with Crippen LogP contribution in [0.1, 0.15) is 18.4 Å². The highest BCUT2D eigenvalue weighted by Crippen LogP contribution is 2.23. The highest BCUT2D eigenvalue weighted by atomic mass is 16.6. The van der Waals surface area contributed by atoms with Gasteiger partial charge in [0.05, 0.1) is 15.9 Å². The van der Waals surface area contributed by atoms with Crippen LogP contribution in [0.2, 0.25) is 0 Å². The first-order valence-corrected chi connectivity index (χ1v) is 5.08. The number of hydrogen-bond acceptors (Lipinski definition) is 4. The third-order valence-corrected chi connectivity index (χ3v) is 2.26. The molecule has 0 heterocycles. The highest BCUT2D eigenvalue weighted by molar-refractivity contribution is 5.46. The van der Waals surface area contributed by atoms with Crippen LogP contribution < -0.4 is 0 Å². The number of hydrogen-bond donors (Lipinski definition) is 0. The molecule has 1 aromatic carbocycles. The third-order valence-electron chi connectivity index (χ3n) is 2.26. The van der Waals surface area contributed by atoms with Crippen LogP contribution in [0, 0.1) is 20.2 Å². The molecule has 17 heavy (non-hydrogen) atoms. The number of allylic oxidation sites excluding steroid dienone is 1. The summed E-state index contributed by atoms with van der Waals surface area (Å²) in [5.74, 6) is 0. The van der Waals surface area contributed by atoms with E-state index in [2.05, 4.69) is 6.58 Å². The summed E-state index contributed by atoms with van der Waals surface area (Å²) in [7, 11) is 0. The maximum atomic E-state index is 10.6. The molecule has 0 fully saturated rings. The molecule has 0 spiro atoms. The van der Waals surface area contributed by atoms with Crippen LogP contribution in [0.3, 0.4) is 0 Å². The van der Waals surface area contributed by atoms with E-state index < -0.39 is 9.85 Å². The molecule has 0 bridgehead atoms. The molecule has 0 aliphatic rings. The summed E-state index contributed by atoms with van der Waals surface area (Å²) in [4.78, 5) is 20.0. The fraction of sp³-hybridized carbons (Fsp3) is 0.273. The van der Waals surface area contributed by atoms with E-state index in [9.17, 15) is 20.2 Å². The number of non-ortho nitro benzene ring substituents is 2. The molecule has 90 valence electrons. The van der Waals surface area contributed by atoms with Crippen molar-refractivity contribution in [1.82, 2.24) is 0 Å². The summed E-state index contributed by atoms with van der Waals surface area (Å²) in [5.41, 5.74) is 0.119. The van der Waals surface area contributed by atoms with Crippen LogP contribution in [-0.4, -0.2) is 9.85 Å². The molecule has 0 radical (unpaired) electrons. The lowest BCUT2D eigenvalue weighted by Gasteiger charge is -2.00. The van der Waals surface area contributed by atoms with Crippen LogP contribution in [0.15, 0.2) is 30.9 Å². The first-order chi connectivity index (χ1) is 8.04. The summed E-state index contributed by atoms with van der Waals surface area (Å²) in [5, 5.41) is 21.2. The number of benzene rings is 1. The van der Waals surface area contributed by atoms with E-state index in [1.165, 1.54) is 12.1 Å². The lowest BCUT2D eigenvalue weighted by molar-refractivity contribution is -0.394. The highest BCUT2D eigenvalue weighted by Gasteiger charge is 2.15. The van der Waals surface area contributed by atoms with Crippen molar-refractivity contribution in [3.8, 4) is 0 Å². The summed E-state index contributed by atoms with van der Waals surface area (Å²) in [6, 6.07) is 3.71. The first-order valence-electron chi connectivity index (χ1n) is 5.08. The standard InChI is InChI=1S/C11H12N2O4/c1-2-3-4-5-9-6-10(12(14)15)8-11(7-9)13(16)17/h2,6-8H,1,3-5H2. The number of unbranched alkanes of at least 4 members (excludes halogenated alkanes) is 1. The maximum absolute atomic E-state index is 10.6. The monoisotopic (exact) mass is 236 g/mol. The van der Waals surface area contributed by atoms with E-state index in [4.69, 9.17) is 0 Å². The minimum absolute atomic E-state index is 0.243. The van der Waals surface area contributed by atoms with Gasteiger partial charge in [0.1, 0.15) is 0 Å².